The van der Waals surface area contributed by atoms with Crippen molar-refractivity contribution in [1.82, 2.24) is 0 Å². The van der Waals surface area contributed by atoms with Crippen molar-refractivity contribution in [3.05, 3.63) is 33.3 Å². The summed E-state index contributed by atoms with van der Waals surface area (Å²) in [5.74, 6) is 7.34. The van der Waals surface area contributed by atoms with E-state index in [1.165, 1.54) is 24.0 Å². The largest absolute Gasteiger partial charge is 0.375 e. The van der Waals surface area contributed by atoms with Crippen molar-refractivity contribution < 1.29 is 4.74 Å². The average Bonchev–Trinajstić information content (AvgIpc) is 3.02. The summed E-state index contributed by atoms with van der Waals surface area (Å²) in [6, 6.07) is 4.30. The zero-order chi connectivity index (χ0) is 13.5. The Morgan fingerprint density at radius 1 is 1.20 bits per heavy atom. The Labute approximate surface area is 127 Å². The SMILES string of the molecule is Brc1cc2c(cc1C#CC1CC3CCC(C1)O3)CN=C2. The topological polar surface area (TPSA) is 21.6 Å². The maximum absolute atomic E-state index is 5.87. The van der Waals surface area contributed by atoms with E-state index in [-0.39, 0.29) is 0 Å². The number of hydrogen-bond donors (Lipinski definition) is 0. The first kappa shape index (κ1) is 12.6. The predicted octanol–water partition coefficient (Wildman–Crippen LogP) is 3.69. The van der Waals surface area contributed by atoms with E-state index in [4.69, 9.17) is 4.74 Å². The van der Waals surface area contributed by atoms with Gasteiger partial charge in [-0.25, -0.2) is 0 Å². The number of halogens is 1. The molecule has 0 aromatic heterocycles. The molecule has 0 saturated carbocycles. The van der Waals surface area contributed by atoms with Gasteiger partial charge in [0.1, 0.15) is 0 Å². The van der Waals surface area contributed by atoms with Crippen LogP contribution in [-0.4, -0.2) is 18.4 Å². The van der Waals surface area contributed by atoms with Gasteiger partial charge >= 0.3 is 0 Å². The van der Waals surface area contributed by atoms with E-state index in [0.29, 0.717) is 18.1 Å². The normalized spacial score (nSPS) is 29.9. The smallest absolute Gasteiger partial charge is 0.0646 e. The van der Waals surface area contributed by atoms with Crippen LogP contribution in [0.2, 0.25) is 0 Å². The third-order valence-electron chi connectivity index (χ3n) is 4.42. The maximum atomic E-state index is 5.87. The van der Waals surface area contributed by atoms with Crippen LogP contribution in [0, 0.1) is 17.8 Å². The van der Waals surface area contributed by atoms with Crippen molar-refractivity contribution in [2.24, 2.45) is 10.9 Å². The minimum atomic E-state index is 0.463. The molecule has 3 heterocycles. The molecule has 0 N–H and O–H groups in total. The van der Waals surface area contributed by atoms with E-state index in [0.717, 1.165) is 29.4 Å². The molecular formula is C17H16BrNO. The Hall–Kier alpha value is -1.11. The molecular weight excluding hydrogens is 314 g/mol. The van der Waals surface area contributed by atoms with Crippen molar-refractivity contribution >= 4 is 22.1 Å². The van der Waals surface area contributed by atoms with Crippen molar-refractivity contribution in [2.75, 3.05) is 0 Å². The summed E-state index contributed by atoms with van der Waals surface area (Å²) >= 11 is 3.62. The van der Waals surface area contributed by atoms with Gasteiger partial charge in [0, 0.05) is 22.2 Å². The van der Waals surface area contributed by atoms with Gasteiger partial charge in [0.25, 0.3) is 0 Å². The van der Waals surface area contributed by atoms with Gasteiger partial charge in [0.15, 0.2) is 0 Å². The van der Waals surface area contributed by atoms with Gasteiger partial charge in [-0.05, 0) is 64.9 Å². The second kappa shape index (κ2) is 5.02. The molecule has 0 spiro atoms. The highest BCUT2D eigenvalue weighted by molar-refractivity contribution is 9.10. The molecule has 3 heteroatoms. The van der Waals surface area contributed by atoms with E-state index < -0.39 is 0 Å². The van der Waals surface area contributed by atoms with E-state index in [1.807, 2.05) is 6.21 Å². The highest BCUT2D eigenvalue weighted by Gasteiger charge is 2.34. The molecule has 1 aromatic rings. The van der Waals surface area contributed by atoms with Crippen LogP contribution >= 0.6 is 15.9 Å². The van der Waals surface area contributed by atoms with Crippen molar-refractivity contribution in [2.45, 2.75) is 44.4 Å². The first-order valence-electron chi connectivity index (χ1n) is 7.27. The predicted molar refractivity (Wildman–Crippen MR) is 82.9 cm³/mol. The molecule has 2 fully saturated rings. The summed E-state index contributed by atoms with van der Waals surface area (Å²) in [5.41, 5.74) is 3.59. The van der Waals surface area contributed by atoms with Gasteiger partial charge < -0.3 is 4.74 Å². The van der Waals surface area contributed by atoms with Crippen LogP contribution in [0.15, 0.2) is 21.6 Å². The molecule has 2 nitrogen and oxygen atoms in total. The quantitative estimate of drug-likeness (QED) is 0.665. The van der Waals surface area contributed by atoms with Crippen LogP contribution in [0.25, 0.3) is 0 Å². The molecule has 2 atom stereocenters. The Morgan fingerprint density at radius 2 is 2.00 bits per heavy atom. The Morgan fingerprint density at radius 3 is 2.80 bits per heavy atom. The lowest BCUT2D eigenvalue weighted by atomic mass is 9.95. The lowest BCUT2D eigenvalue weighted by molar-refractivity contribution is -0.00796. The molecule has 2 bridgehead atoms. The zero-order valence-electron chi connectivity index (χ0n) is 11.2. The molecule has 0 amide bonds. The van der Waals surface area contributed by atoms with Gasteiger partial charge in [0.2, 0.25) is 0 Å². The Kier molecular flexibility index (Phi) is 3.17. The Bertz CT molecular complexity index is 628. The third-order valence-corrected chi connectivity index (χ3v) is 5.08. The van der Waals surface area contributed by atoms with Gasteiger partial charge in [-0.15, -0.1) is 0 Å². The highest BCUT2D eigenvalue weighted by atomic mass is 79.9. The van der Waals surface area contributed by atoms with Crippen molar-refractivity contribution in [3.63, 3.8) is 0 Å². The van der Waals surface area contributed by atoms with Crippen molar-refractivity contribution in [3.8, 4) is 11.8 Å². The van der Waals surface area contributed by atoms with Gasteiger partial charge in [-0.3, -0.25) is 4.99 Å². The van der Waals surface area contributed by atoms with Crippen LogP contribution in [0.4, 0.5) is 0 Å². The number of ether oxygens (including phenoxy) is 1. The molecule has 0 radical (unpaired) electrons. The molecule has 1 aromatic carbocycles. The van der Waals surface area contributed by atoms with Gasteiger partial charge in [-0.2, -0.15) is 0 Å². The molecule has 3 aliphatic rings. The number of hydrogen-bond acceptors (Lipinski definition) is 2. The fourth-order valence-electron chi connectivity index (χ4n) is 3.38. The van der Waals surface area contributed by atoms with Crippen LogP contribution in [0.3, 0.4) is 0 Å². The number of rotatable bonds is 0. The summed E-state index contributed by atoms with van der Waals surface area (Å²) in [6.07, 6.45) is 7.53. The molecule has 2 saturated heterocycles. The number of nitrogens with zero attached hydrogens (tertiary/aromatic N) is 1. The average molecular weight is 330 g/mol. The van der Waals surface area contributed by atoms with Gasteiger partial charge in [-0.1, -0.05) is 11.8 Å². The van der Waals surface area contributed by atoms with Crippen LogP contribution < -0.4 is 0 Å². The van der Waals surface area contributed by atoms with E-state index in [1.54, 1.807) is 0 Å². The van der Waals surface area contributed by atoms with E-state index in [9.17, 15) is 0 Å². The zero-order valence-corrected chi connectivity index (χ0v) is 12.8. The summed E-state index contributed by atoms with van der Waals surface area (Å²) in [4.78, 5) is 4.30. The van der Waals surface area contributed by atoms with Gasteiger partial charge in [0.05, 0.1) is 18.8 Å². The fourth-order valence-corrected chi connectivity index (χ4v) is 3.84. The van der Waals surface area contributed by atoms with Crippen molar-refractivity contribution in [1.29, 1.82) is 0 Å². The van der Waals surface area contributed by atoms with E-state index in [2.05, 4.69) is 44.9 Å². The van der Waals surface area contributed by atoms with Crippen LogP contribution in [-0.2, 0) is 11.3 Å². The second-order valence-electron chi connectivity index (χ2n) is 5.90. The third kappa shape index (κ3) is 2.32. The number of fused-ring (bicyclic) bond motifs is 3. The lowest BCUT2D eigenvalue weighted by Gasteiger charge is -2.24. The molecule has 2 unspecified atom stereocenters. The maximum Gasteiger partial charge on any atom is 0.0646 e. The number of benzene rings is 1. The first-order valence-corrected chi connectivity index (χ1v) is 8.06. The monoisotopic (exact) mass is 329 g/mol. The van der Waals surface area contributed by atoms with Crippen LogP contribution in [0.1, 0.15) is 42.4 Å². The number of aliphatic imine (C=N–C) groups is 1. The summed E-state index contributed by atoms with van der Waals surface area (Å²) in [6.45, 7) is 0.790. The highest BCUT2D eigenvalue weighted by Crippen LogP contribution is 2.35. The molecule has 102 valence electrons. The summed E-state index contributed by atoms with van der Waals surface area (Å²) in [5, 5.41) is 0. The Balaban J connectivity index is 1.57. The molecule has 3 aliphatic heterocycles. The molecule has 4 rings (SSSR count). The van der Waals surface area contributed by atoms with Crippen LogP contribution in [0.5, 0.6) is 0 Å². The second-order valence-corrected chi connectivity index (χ2v) is 6.75. The van der Waals surface area contributed by atoms with E-state index >= 15 is 0 Å². The lowest BCUT2D eigenvalue weighted by Crippen LogP contribution is -2.23. The first-order chi connectivity index (χ1) is 9.78. The molecule has 0 aliphatic carbocycles. The minimum Gasteiger partial charge on any atom is -0.375 e. The molecule has 20 heavy (non-hydrogen) atoms. The standard InChI is InChI=1S/C17H16BrNO/c18-17-8-14-10-19-9-13(14)7-12(17)2-1-11-5-15-3-4-16(6-11)20-15/h7-8,10-11,15-16H,3-6,9H2. The minimum absolute atomic E-state index is 0.463. The summed E-state index contributed by atoms with van der Waals surface area (Å²) < 4.78 is 6.95. The fraction of sp³-hybridized carbons (Fsp3) is 0.471. The summed E-state index contributed by atoms with van der Waals surface area (Å²) in [7, 11) is 0.